The monoisotopic (exact) mass is 286 g/mol. The molecule has 1 aromatic rings. The van der Waals surface area contributed by atoms with Gasteiger partial charge in [-0.2, -0.15) is 0 Å². The van der Waals surface area contributed by atoms with E-state index in [0.29, 0.717) is 18.2 Å². The minimum atomic E-state index is -0.200. The quantitative estimate of drug-likeness (QED) is 0.817. The molecule has 0 radical (unpaired) electrons. The molecule has 0 heterocycles. The van der Waals surface area contributed by atoms with E-state index in [1.165, 1.54) is 25.3 Å². The minimum Gasteiger partial charge on any atom is -0.349 e. The highest BCUT2D eigenvalue weighted by Crippen LogP contribution is 2.18. The van der Waals surface area contributed by atoms with Gasteiger partial charge in [0.15, 0.2) is 0 Å². The van der Waals surface area contributed by atoms with E-state index < -0.39 is 0 Å². The molecule has 4 nitrogen and oxygen atoms in total. The van der Waals surface area contributed by atoms with Crippen LogP contribution in [-0.2, 0) is 11.3 Å². The lowest BCUT2D eigenvalue weighted by molar-refractivity contribution is -0.116. The van der Waals surface area contributed by atoms with E-state index in [2.05, 4.69) is 17.2 Å². The molecule has 0 atom stereocenters. The van der Waals surface area contributed by atoms with E-state index in [-0.39, 0.29) is 11.8 Å². The van der Waals surface area contributed by atoms with Crippen LogP contribution < -0.4 is 10.6 Å². The lowest BCUT2D eigenvalue weighted by Crippen LogP contribution is -2.36. The molecule has 1 aliphatic rings. The second kappa shape index (κ2) is 7.62. The molecular formula is C17H22N2O2. The van der Waals surface area contributed by atoms with Gasteiger partial charge in [0.2, 0.25) is 5.91 Å². The summed E-state index contributed by atoms with van der Waals surface area (Å²) in [5.41, 5.74) is 1.62. The number of carbonyl (C=O) groups excluding carboxylic acids is 2. The van der Waals surface area contributed by atoms with E-state index in [4.69, 9.17) is 0 Å². The van der Waals surface area contributed by atoms with Gasteiger partial charge in [-0.25, -0.2) is 0 Å². The first-order valence-electron chi connectivity index (χ1n) is 7.49. The van der Waals surface area contributed by atoms with E-state index in [9.17, 15) is 9.59 Å². The van der Waals surface area contributed by atoms with E-state index in [0.717, 1.165) is 18.4 Å². The Hall–Kier alpha value is -2.10. The molecule has 1 fully saturated rings. The Kier molecular flexibility index (Phi) is 5.55. The summed E-state index contributed by atoms with van der Waals surface area (Å²) in [5, 5.41) is 5.80. The number of amides is 2. The molecule has 2 N–H and O–H groups in total. The molecule has 1 aromatic carbocycles. The van der Waals surface area contributed by atoms with Gasteiger partial charge in [0.1, 0.15) is 0 Å². The molecule has 1 aliphatic carbocycles. The number of carbonyl (C=O) groups is 2. The van der Waals surface area contributed by atoms with Gasteiger partial charge in [-0.15, -0.1) is 0 Å². The van der Waals surface area contributed by atoms with Gasteiger partial charge in [0, 0.05) is 18.2 Å². The summed E-state index contributed by atoms with van der Waals surface area (Å²) in [6.07, 6.45) is 7.08. The first-order valence-corrected chi connectivity index (χ1v) is 7.49. The zero-order valence-electron chi connectivity index (χ0n) is 12.2. The zero-order chi connectivity index (χ0) is 15.1. The third-order valence-corrected chi connectivity index (χ3v) is 3.81. The summed E-state index contributed by atoms with van der Waals surface area (Å²) in [6.45, 7) is 3.84. The predicted molar refractivity (Wildman–Crippen MR) is 82.8 cm³/mol. The fourth-order valence-electron chi connectivity index (χ4n) is 2.55. The van der Waals surface area contributed by atoms with Crippen molar-refractivity contribution >= 4 is 11.8 Å². The molecule has 21 heavy (non-hydrogen) atoms. The first-order chi connectivity index (χ1) is 10.2. The smallest absolute Gasteiger partial charge is 0.251 e. The molecular weight excluding hydrogens is 264 g/mol. The molecule has 112 valence electrons. The molecule has 0 aromatic heterocycles. The van der Waals surface area contributed by atoms with Crippen LogP contribution in [0.2, 0.25) is 0 Å². The average Bonchev–Trinajstić information content (AvgIpc) is 2.54. The number of benzene rings is 1. The Morgan fingerprint density at radius 3 is 2.43 bits per heavy atom. The number of nitrogens with one attached hydrogen (secondary N) is 2. The summed E-state index contributed by atoms with van der Waals surface area (Å²) in [5.74, 6) is -0.210. The maximum absolute atomic E-state index is 12.1. The highest BCUT2D eigenvalue weighted by atomic mass is 16.2. The van der Waals surface area contributed by atoms with Crippen molar-refractivity contribution in [2.45, 2.75) is 44.7 Å². The van der Waals surface area contributed by atoms with Crippen molar-refractivity contribution in [3.8, 4) is 0 Å². The van der Waals surface area contributed by atoms with Crippen LogP contribution in [0.4, 0.5) is 0 Å². The van der Waals surface area contributed by atoms with Crippen LogP contribution in [0.15, 0.2) is 36.9 Å². The fourth-order valence-corrected chi connectivity index (χ4v) is 2.55. The second-order valence-corrected chi connectivity index (χ2v) is 5.43. The Balaban J connectivity index is 1.87. The van der Waals surface area contributed by atoms with Crippen molar-refractivity contribution in [3.63, 3.8) is 0 Å². The first kappa shape index (κ1) is 15.3. The van der Waals surface area contributed by atoms with Crippen LogP contribution in [-0.4, -0.2) is 17.9 Å². The molecule has 2 rings (SSSR count). The Labute approximate surface area is 125 Å². The van der Waals surface area contributed by atoms with Crippen molar-refractivity contribution in [3.05, 3.63) is 48.0 Å². The third-order valence-electron chi connectivity index (χ3n) is 3.81. The van der Waals surface area contributed by atoms with Crippen molar-refractivity contribution in [1.29, 1.82) is 0 Å². The van der Waals surface area contributed by atoms with Gasteiger partial charge >= 0.3 is 0 Å². The topological polar surface area (TPSA) is 58.2 Å². The van der Waals surface area contributed by atoms with Crippen LogP contribution in [0.3, 0.4) is 0 Å². The molecule has 0 saturated heterocycles. The van der Waals surface area contributed by atoms with Crippen LogP contribution in [0.25, 0.3) is 0 Å². The summed E-state index contributed by atoms with van der Waals surface area (Å²) >= 11 is 0. The van der Waals surface area contributed by atoms with Crippen molar-refractivity contribution in [2.75, 3.05) is 0 Å². The minimum absolute atomic E-state index is 0.0106. The Morgan fingerprint density at radius 2 is 1.81 bits per heavy atom. The standard InChI is InChI=1S/C17H22N2O2/c1-2-16(20)18-12-13-8-10-14(11-9-13)17(21)19-15-6-4-3-5-7-15/h2,8-11,15H,1,3-7,12H2,(H,18,20)(H,19,21). The zero-order valence-corrected chi connectivity index (χ0v) is 12.2. The maximum atomic E-state index is 12.1. The summed E-state index contributed by atoms with van der Waals surface area (Å²) in [4.78, 5) is 23.2. The number of rotatable bonds is 5. The molecule has 0 bridgehead atoms. The third kappa shape index (κ3) is 4.74. The van der Waals surface area contributed by atoms with Crippen molar-refractivity contribution in [2.24, 2.45) is 0 Å². The van der Waals surface area contributed by atoms with Crippen LogP contribution in [0.5, 0.6) is 0 Å². The molecule has 1 saturated carbocycles. The lowest BCUT2D eigenvalue weighted by Gasteiger charge is -2.22. The van der Waals surface area contributed by atoms with E-state index in [1.54, 1.807) is 12.1 Å². The van der Waals surface area contributed by atoms with Gasteiger partial charge in [-0.1, -0.05) is 38.0 Å². The molecule has 2 amide bonds. The average molecular weight is 286 g/mol. The molecule has 0 spiro atoms. The summed E-state index contributed by atoms with van der Waals surface area (Å²) in [7, 11) is 0. The van der Waals surface area contributed by atoms with Crippen LogP contribution >= 0.6 is 0 Å². The SMILES string of the molecule is C=CC(=O)NCc1ccc(C(=O)NC2CCCCC2)cc1. The fraction of sp³-hybridized carbons (Fsp3) is 0.412. The number of hydrogen-bond acceptors (Lipinski definition) is 2. The van der Waals surface area contributed by atoms with Gasteiger partial charge < -0.3 is 10.6 Å². The predicted octanol–water partition coefficient (Wildman–Crippen LogP) is 2.55. The number of hydrogen-bond donors (Lipinski definition) is 2. The van der Waals surface area contributed by atoms with Gasteiger partial charge in [-0.3, -0.25) is 9.59 Å². The van der Waals surface area contributed by atoms with Crippen molar-refractivity contribution in [1.82, 2.24) is 10.6 Å². The molecule has 4 heteroatoms. The highest BCUT2D eigenvalue weighted by molar-refractivity contribution is 5.94. The largest absolute Gasteiger partial charge is 0.349 e. The maximum Gasteiger partial charge on any atom is 0.251 e. The Bertz CT molecular complexity index is 502. The van der Waals surface area contributed by atoms with Gasteiger partial charge in [0.05, 0.1) is 0 Å². The van der Waals surface area contributed by atoms with Gasteiger partial charge in [-0.05, 0) is 36.6 Å². The summed E-state index contributed by atoms with van der Waals surface area (Å²) in [6, 6.07) is 7.64. The van der Waals surface area contributed by atoms with Gasteiger partial charge in [0.25, 0.3) is 5.91 Å². The highest BCUT2D eigenvalue weighted by Gasteiger charge is 2.16. The van der Waals surface area contributed by atoms with Crippen LogP contribution in [0.1, 0.15) is 48.0 Å². The summed E-state index contributed by atoms with van der Waals surface area (Å²) < 4.78 is 0. The normalized spacial score (nSPS) is 15.2. The van der Waals surface area contributed by atoms with Crippen molar-refractivity contribution < 1.29 is 9.59 Å². The van der Waals surface area contributed by atoms with E-state index >= 15 is 0 Å². The molecule has 0 unspecified atom stereocenters. The second-order valence-electron chi connectivity index (χ2n) is 5.43. The van der Waals surface area contributed by atoms with E-state index in [1.807, 2.05) is 12.1 Å². The Morgan fingerprint density at radius 1 is 1.14 bits per heavy atom. The molecule has 0 aliphatic heterocycles. The lowest BCUT2D eigenvalue weighted by atomic mass is 9.95. The van der Waals surface area contributed by atoms with Crippen LogP contribution in [0, 0.1) is 0 Å².